The molecule has 3 fully saturated rings. The molecule has 0 spiro atoms. The molecule has 1 unspecified atom stereocenters. The van der Waals surface area contributed by atoms with Crippen LogP contribution in [0.15, 0.2) is 18.2 Å². The summed E-state index contributed by atoms with van der Waals surface area (Å²) < 4.78 is 32.1. The average molecular weight is 392 g/mol. The van der Waals surface area contributed by atoms with Gasteiger partial charge in [-0.05, 0) is 49.7 Å². The van der Waals surface area contributed by atoms with Crippen molar-refractivity contribution in [1.29, 1.82) is 0 Å². The van der Waals surface area contributed by atoms with Gasteiger partial charge in [0.15, 0.2) is 18.2 Å². The highest BCUT2D eigenvalue weighted by Crippen LogP contribution is 2.46. The number of benzene rings is 1. The van der Waals surface area contributed by atoms with Crippen LogP contribution in [0.1, 0.15) is 39.5 Å². The van der Waals surface area contributed by atoms with Crippen LogP contribution in [0.3, 0.4) is 0 Å². The van der Waals surface area contributed by atoms with E-state index in [1.807, 2.05) is 4.90 Å². The van der Waals surface area contributed by atoms with E-state index in [1.165, 1.54) is 0 Å². The van der Waals surface area contributed by atoms with E-state index in [1.54, 1.807) is 0 Å². The number of hydrogen-bond acceptors (Lipinski definition) is 3. The summed E-state index contributed by atoms with van der Waals surface area (Å²) in [5, 5.41) is 3.17. The Morgan fingerprint density at radius 3 is 2.39 bits per heavy atom. The number of fused-ring (bicyclic) bond motifs is 2. The molecular weight excluding hydrogens is 366 g/mol. The van der Waals surface area contributed by atoms with E-state index in [-0.39, 0.29) is 48.2 Å². The monoisotopic (exact) mass is 392 g/mol. The van der Waals surface area contributed by atoms with Crippen LogP contribution in [0, 0.1) is 29.4 Å². The van der Waals surface area contributed by atoms with Crippen molar-refractivity contribution in [2.75, 3.05) is 6.61 Å². The molecule has 1 saturated carbocycles. The molecule has 2 bridgehead atoms. The Balaban J connectivity index is 1.32. The normalized spacial score (nSPS) is 33.5. The minimum Gasteiger partial charge on any atom is -0.481 e. The fraction of sp³-hybridized carbons (Fsp3) is 0.619. The number of halogens is 2. The minimum absolute atomic E-state index is 0.0616. The van der Waals surface area contributed by atoms with Gasteiger partial charge in [0.1, 0.15) is 5.82 Å². The first-order valence-corrected chi connectivity index (χ1v) is 10.0. The molecule has 1 aromatic rings. The molecule has 2 aliphatic heterocycles. The molecule has 7 heteroatoms. The maximum absolute atomic E-state index is 13.7. The van der Waals surface area contributed by atoms with Gasteiger partial charge in [-0.1, -0.05) is 13.8 Å². The summed E-state index contributed by atoms with van der Waals surface area (Å²) in [7, 11) is 0. The lowest BCUT2D eigenvalue weighted by Crippen LogP contribution is -2.53. The Bertz CT molecular complexity index is 765. The maximum Gasteiger partial charge on any atom is 0.261 e. The van der Waals surface area contributed by atoms with Crippen LogP contribution in [-0.4, -0.2) is 41.4 Å². The molecule has 1 N–H and O–H groups in total. The zero-order valence-corrected chi connectivity index (χ0v) is 16.2. The molecule has 3 aliphatic rings. The molecule has 152 valence electrons. The summed E-state index contributed by atoms with van der Waals surface area (Å²) in [4.78, 5) is 26.9. The Hall–Kier alpha value is -2.18. The first-order valence-electron chi connectivity index (χ1n) is 10.0. The van der Waals surface area contributed by atoms with Crippen molar-refractivity contribution in [3.8, 4) is 5.75 Å². The molecule has 4 rings (SSSR count). The van der Waals surface area contributed by atoms with Gasteiger partial charge in [-0.15, -0.1) is 0 Å². The number of nitrogens with one attached hydrogen (secondary N) is 1. The van der Waals surface area contributed by atoms with Crippen molar-refractivity contribution in [2.45, 2.75) is 57.7 Å². The van der Waals surface area contributed by atoms with Crippen molar-refractivity contribution in [2.24, 2.45) is 17.8 Å². The van der Waals surface area contributed by atoms with E-state index < -0.39 is 11.6 Å². The lowest BCUT2D eigenvalue weighted by atomic mass is 9.97. The van der Waals surface area contributed by atoms with Crippen LogP contribution >= 0.6 is 0 Å². The number of nitrogens with zero attached hydrogens (tertiary/aromatic N) is 1. The summed E-state index contributed by atoms with van der Waals surface area (Å²) in [5.41, 5.74) is 0. The predicted octanol–water partition coefficient (Wildman–Crippen LogP) is 2.88. The highest BCUT2D eigenvalue weighted by molar-refractivity contribution is 5.82. The van der Waals surface area contributed by atoms with Gasteiger partial charge >= 0.3 is 0 Å². The second-order valence-electron chi connectivity index (χ2n) is 8.47. The van der Waals surface area contributed by atoms with Crippen molar-refractivity contribution < 1.29 is 23.1 Å². The lowest BCUT2D eigenvalue weighted by Gasteiger charge is -2.39. The van der Waals surface area contributed by atoms with Gasteiger partial charge in [-0.25, -0.2) is 8.78 Å². The number of amides is 2. The van der Waals surface area contributed by atoms with Crippen molar-refractivity contribution in [3.63, 3.8) is 0 Å². The van der Waals surface area contributed by atoms with Gasteiger partial charge in [-0.3, -0.25) is 9.59 Å². The fourth-order valence-corrected chi connectivity index (χ4v) is 4.94. The van der Waals surface area contributed by atoms with Crippen LogP contribution in [0.4, 0.5) is 8.78 Å². The number of carbonyl (C=O) groups is 2. The van der Waals surface area contributed by atoms with Gasteiger partial charge in [0.25, 0.3) is 5.91 Å². The van der Waals surface area contributed by atoms with Crippen LogP contribution in [0.2, 0.25) is 0 Å². The summed E-state index contributed by atoms with van der Waals surface area (Å²) >= 11 is 0. The fourth-order valence-electron chi connectivity index (χ4n) is 4.94. The second-order valence-corrected chi connectivity index (χ2v) is 8.47. The van der Waals surface area contributed by atoms with Crippen LogP contribution in [-0.2, 0) is 9.59 Å². The smallest absolute Gasteiger partial charge is 0.261 e. The number of ether oxygens (including phenoxy) is 1. The SMILES string of the molecule is C[C@H]1C(C(=O)NC2C[C@H]3CC[C@@H](C2)N3C(=O)COc2cc(F)ccc2F)[C@@H]1C. The van der Waals surface area contributed by atoms with Crippen molar-refractivity contribution >= 4 is 11.8 Å². The summed E-state index contributed by atoms with van der Waals surface area (Å²) in [5.74, 6) is -0.638. The Labute approximate surface area is 163 Å². The highest BCUT2D eigenvalue weighted by Gasteiger charge is 2.50. The lowest BCUT2D eigenvalue weighted by molar-refractivity contribution is -0.138. The molecule has 2 amide bonds. The minimum atomic E-state index is -0.692. The molecule has 2 saturated heterocycles. The first-order chi connectivity index (χ1) is 13.3. The number of carbonyl (C=O) groups excluding carboxylic acids is 2. The summed E-state index contributed by atoms with van der Waals surface area (Å²) in [6.45, 7) is 3.88. The standard InChI is InChI=1S/C21H26F2N2O3/c1-11-12(2)20(11)21(27)24-14-8-15-4-5-16(9-14)25(15)19(26)10-28-18-7-13(22)3-6-17(18)23/h3,6-7,11-12,14-16,20H,4-5,8-10H2,1-2H3,(H,24,27)/t11-,12-,14?,15-,16+/m1/s1. The van der Waals surface area contributed by atoms with E-state index in [9.17, 15) is 18.4 Å². The van der Waals surface area contributed by atoms with Gasteiger partial charge in [0, 0.05) is 30.1 Å². The highest BCUT2D eigenvalue weighted by atomic mass is 19.1. The molecule has 0 radical (unpaired) electrons. The molecule has 1 aromatic carbocycles. The van der Waals surface area contributed by atoms with Gasteiger partial charge < -0.3 is 15.0 Å². The number of rotatable bonds is 5. The number of piperidine rings is 1. The van der Waals surface area contributed by atoms with Gasteiger partial charge in [0.05, 0.1) is 0 Å². The predicted molar refractivity (Wildman–Crippen MR) is 98.5 cm³/mol. The molecule has 2 heterocycles. The zero-order chi connectivity index (χ0) is 20.0. The van der Waals surface area contributed by atoms with E-state index in [2.05, 4.69) is 19.2 Å². The van der Waals surface area contributed by atoms with Crippen LogP contribution in [0.25, 0.3) is 0 Å². The third kappa shape index (κ3) is 3.59. The summed E-state index contributed by atoms with van der Waals surface area (Å²) in [6.07, 6.45) is 3.26. The van der Waals surface area contributed by atoms with Crippen LogP contribution < -0.4 is 10.1 Å². The van der Waals surface area contributed by atoms with E-state index in [0.29, 0.717) is 11.8 Å². The van der Waals surface area contributed by atoms with E-state index in [0.717, 1.165) is 43.9 Å². The quantitative estimate of drug-likeness (QED) is 0.838. The first kappa shape index (κ1) is 19.2. The van der Waals surface area contributed by atoms with Crippen molar-refractivity contribution in [3.05, 3.63) is 29.8 Å². The maximum atomic E-state index is 13.7. The van der Waals surface area contributed by atoms with Crippen molar-refractivity contribution in [1.82, 2.24) is 10.2 Å². The molecule has 5 atom stereocenters. The largest absolute Gasteiger partial charge is 0.481 e. The Morgan fingerprint density at radius 1 is 1.14 bits per heavy atom. The van der Waals surface area contributed by atoms with Crippen LogP contribution in [0.5, 0.6) is 5.75 Å². The second kappa shape index (κ2) is 7.33. The molecular formula is C21H26F2N2O3. The van der Waals surface area contributed by atoms with E-state index >= 15 is 0 Å². The van der Waals surface area contributed by atoms with E-state index in [4.69, 9.17) is 4.74 Å². The topological polar surface area (TPSA) is 58.6 Å². The Kier molecular flexibility index (Phi) is 5.02. The average Bonchev–Trinajstić information content (AvgIpc) is 3.15. The van der Waals surface area contributed by atoms with Gasteiger partial charge in [0.2, 0.25) is 5.91 Å². The molecule has 5 nitrogen and oxygen atoms in total. The zero-order valence-electron chi connectivity index (χ0n) is 16.2. The third-order valence-corrected chi connectivity index (χ3v) is 6.74. The molecule has 1 aliphatic carbocycles. The van der Waals surface area contributed by atoms with Gasteiger partial charge in [-0.2, -0.15) is 0 Å². The molecule has 28 heavy (non-hydrogen) atoms. The third-order valence-electron chi connectivity index (χ3n) is 6.74. The Morgan fingerprint density at radius 2 is 1.79 bits per heavy atom. The summed E-state index contributed by atoms with van der Waals surface area (Å²) in [6, 6.07) is 3.15. The molecule has 0 aromatic heterocycles. The number of hydrogen-bond donors (Lipinski definition) is 1.